The van der Waals surface area contributed by atoms with E-state index in [1.54, 1.807) is 0 Å². The monoisotopic (exact) mass is 364 g/mol. The number of nitrogens with zero attached hydrogens (tertiary/aromatic N) is 2. The summed E-state index contributed by atoms with van der Waals surface area (Å²) in [5.74, 6) is 1.60. The molecule has 3 unspecified atom stereocenters. The van der Waals surface area contributed by atoms with Gasteiger partial charge in [0.25, 0.3) is 0 Å². The molecule has 0 aromatic rings. The number of carbonyl (C=O) groups is 1. The van der Waals surface area contributed by atoms with Crippen LogP contribution in [0.2, 0.25) is 0 Å². The fourth-order valence-electron chi connectivity index (χ4n) is 5.44. The summed E-state index contributed by atoms with van der Waals surface area (Å²) in [6, 6.07) is 0.507. The number of amides is 1. The lowest BCUT2D eigenvalue weighted by molar-refractivity contribution is -0.136. The number of rotatable bonds is 2. The first-order valence-corrected chi connectivity index (χ1v) is 11.1. The molecule has 26 heavy (non-hydrogen) atoms. The Morgan fingerprint density at radius 3 is 2.15 bits per heavy atom. The normalized spacial score (nSPS) is 34.5. The van der Waals surface area contributed by atoms with Gasteiger partial charge in [-0.15, -0.1) is 0 Å². The summed E-state index contributed by atoms with van der Waals surface area (Å²) >= 11 is 0. The van der Waals surface area contributed by atoms with Crippen molar-refractivity contribution in [3.63, 3.8) is 0 Å². The van der Waals surface area contributed by atoms with Crippen molar-refractivity contribution in [1.82, 2.24) is 15.1 Å². The Bertz CT molecular complexity index is 432. The van der Waals surface area contributed by atoms with Crippen molar-refractivity contribution in [2.24, 2.45) is 17.6 Å². The molecular weight excluding hydrogens is 324 g/mol. The van der Waals surface area contributed by atoms with E-state index in [1.165, 1.54) is 64.2 Å². The number of hydrogen-bond donors (Lipinski definition) is 2. The minimum absolute atomic E-state index is 0.142. The first-order valence-electron chi connectivity index (χ1n) is 11.1. The standard InChI is InChI=1S/C21H40N4O/c1-24-12-13-25(16-20(24)26)21-18(14-23-15-19(21)22)17-10-8-6-4-2-3-5-7-9-11-17/h17-19,21,23H,2-16,22H2,1H3. The second-order valence-corrected chi connectivity index (χ2v) is 8.93. The van der Waals surface area contributed by atoms with Crippen LogP contribution in [0.5, 0.6) is 0 Å². The van der Waals surface area contributed by atoms with Gasteiger partial charge in [-0.3, -0.25) is 9.69 Å². The summed E-state index contributed by atoms with van der Waals surface area (Å²) in [6.07, 6.45) is 13.9. The molecule has 1 amide bonds. The van der Waals surface area contributed by atoms with Gasteiger partial charge in [-0.05, 0) is 18.4 Å². The van der Waals surface area contributed by atoms with E-state index < -0.39 is 0 Å². The summed E-state index contributed by atoms with van der Waals surface area (Å²) < 4.78 is 0. The number of nitrogens with two attached hydrogens (primary N) is 1. The maximum Gasteiger partial charge on any atom is 0.236 e. The Morgan fingerprint density at radius 1 is 0.923 bits per heavy atom. The predicted molar refractivity (Wildman–Crippen MR) is 107 cm³/mol. The number of likely N-dealkylation sites (N-methyl/N-ethyl adjacent to an activating group) is 1. The van der Waals surface area contributed by atoms with E-state index in [0.29, 0.717) is 18.5 Å². The number of nitrogens with one attached hydrogen (secondary N) is 1. The molecular formula is C21H40N4O. The molecule has 0 aromatic heterocycles. The maximum atomic E-state index is 12.3. The summed E-state index contributed by atoms with van der Waals surface area (Å²) in [5, 5.41) is 3.60. The second-order valence-electron chi connectivity index (χ2n) is 8.93. The molecule has 2 saturated heterocycles. The third-order valence-electron chi connectivity index (χ3n) is 7.05. The average molecular weight is 365 g/mol. The van der Waals surface area contributed by atoms with Crippen molar-refractivity contribution in [3.05, 3.63) is 0 Å². The number of carbonyl (C=O) groups excluding carboxylic acids is 1. The molecule has 3 aliphatic rings. The SMILES string of the molecule is CN1CCN(C2C(N)CNCC2C2CCCCCCCCCC2)CC1=O. The van der Waals surface area contributed by atoms with Gasteiger partial charge in [0.2, 0.25) is 5.91 Å². The van der Waals surface area contributed by atoms with E-state index in [1.807, 2.05) is 11.9 Å². The second kappa shape index (κ2) is 10.0. The van der Waals surface area contributed by atoms with E-state index in [2.05, 4.69) is 10.2 Å². The van der Waals surface area contributed by atoms with Crippen LogP contribution in [-0.2, 0) is 4.79 Å². The van der Waals surface area contributed by atoms with Crippen LogP contribution < -0.4 is 11.1 Å². The van der Waals surface area contributed by atoms with Crippen molar-refractivity contribution in [2.75, 3.05) is 39.8 Å². The Morgan fingerprint density at radius 2 is 1.54 bits per heavy atom. The number of piperidine rings is 1. The molecule has 1 aliphatic carbocycles. The van der Waals surface area contributed by atoms with Crippen LogP contribution in [-0.4, -0.2) is 67.6 Å². The van der Waals surface area contributed by atoms with Gasteiger partial charge in [0.05, 0.1) is 6.54 Å². The topological polar surface area (TPSA) is 61.6 Å². The summed E-state index contributed by atoms with van der Waals surface area (Å²) in [7, 11) is 1.92. The molecule has 0 spiro atoms. The molecule has 1 saturated carbocycles. The van der Waals surface area contributed by atoms with Crippen LogP contribution in [0, 0.1) is 11.8 Å². The van der Waals surface area contributed by atoms with Gasteiger partial charge in [0.1, 0.15) is 0 Å². The smallest absolute Gasteiger partial charge is 0.236 e. The maximum absolute atomic E-state index is 12.3. The minimum Gasteiger partial charge on any atom is -0.343 e. The molecule has 2 aliphatic heterocycles. The van der Waals surface area contributed by atoms with Gasteiger partial charge in [-0.1, -0.05) is 64.2 Å². The zero-order valence-electron chi connectivity index (χ0n) is 16.8. The minimum atomic E-state index is 0.142. The predicted octanol–water partition coefficient (Wildman–Crippen LogP) is 2.21. The molecule has 3 fully saturated rings. The Hall–Kier alpha value is -0.650. The van der Waals surface area contributed by atoms with Gasteiger partial charge in [-0.25, -0.2) is 0 Å². The molecule has 0 aromatic carbocycles. The molecule has 150 valence electrons. The molecule has 3 atom stereocenters. The quantitative estimate of drug-likeness (QED) is 0.789. The lowest BCUT2D eigenvalue weighted by Crippen LogP contribution is -2.66. The highest BCUT2D eigenvalue weighted by atomic mass is 16.2. The van der Waals surface area contributed by atoms with Gasteiger partial charge in [0.15, 0.2) is 0 Å². The molecule has 0 radical (unpaired) electrons. The third-order valence-corrected chi connectivity index (χ3v) is 7.05. The van der Waals surface area contributed by atoms with Crippen LogP contribution in [0.1, 0.15) is 64.2 Å². The van der Waals surface area contributed by atoms with Crippen LogP contribution in [0.4, 0.5) is 0 Å². The van der Waals surface area contributed by atoms with Crippen molar-refractivity contribution in [2.45, 2.75) is 76.3 Å². The molecule has 3 N–H and O–H groups in total. The van der Waals surface area contributed by atoms with E-state index in [0.717, 1.165) is 32.1 Å². The number of piperazine rings is 1. The van der Waals surface area contributed by atoms with Crippen molar-refractivity contribution in [3.8, 4) is 0 Å². The van der Waals surface area contributed by atoms with Crippen LogP contribution in [0.15, 0.2) is 0 Å². The molecule has 5 heteroatoms. The van der Waals surface area contributed by atoms with Gasteiger partial charge < -0.3 is 16.0 Å². The Labute approximate surface area is 160 Å². The van der Waals surface area contributed by atoms with Crippen LogP contribution >= 0.6 is 0 Å². The largest absolute Gasteiger partial charge is 0.343 e. The highest BCUT2D eigenvalue weighted by molar-refractivity contribution is 5.78. The molecule has 5 nitrogen and oxygen atoms in total. The fourth-order valence-corrected chi connectivity index (χ4v) is 5.44. The molecule has 3 rings (SSSR count). The van der Waals surface area contributed by atoms with Gasteiger partial charge >= 0.3 is 0 Å². The summed E-state index contributed by atoms with van der Waals surface area (Å²) in [6.45, 7) is 4.33. The molecule has 0 bridgehead atoms. The summed E-state index contributed by atoms with van der Waals surface area (Å²) in [5.41, 5.74) is 6.61. The zero-order valence-corrected chi connectivity index (χ0v) is 16.8. The van der Waals surface area contributed by atoms with Gasteiger partial charge in [-0.2, -0.15) is 0 Å². The Kier molecular flexibility index (Phi) is 7.77. The number of hydrogen-bond acceptors (Lipinski definition) is 4. The third kappa shape index (κ3) is 5.20. The van der Waals surface area contributed by atoms with Crippen molar-refractivity contribution >= 4 is 5.91 Å². The van der Waals surface area contributed by atoms with E-state index in [4.69, 9.17) is 5.73 Å². The Balaban J connectivity index is 1.69. The lowest BCUT2D eigenvalue weighted by atomic mass is 9.75. The summed E-state index contributed by atoms with van der Waals surface area (Å²) in [4.78, 5) is 16.6. The van der Waals surface area contributed by atoms with E-state index in [9.17, 15) is 4.79 Å². The van der Waals surface area contributed by atoms with Crippen LogP contribution in [0.25, 0.3) is 0 Å². The molecule has 2 heterocycles. The lowest BCUT2D eigenvalue weighted by Gasteiger charge is -2.48. The highest BCUT2D eigenvalue weighted by Crippen LogP contribution is 2.33. The highest BCUT2D eigenvalue weighted by Gasteiger charge is 2.41. The first kappa shape index (κ1) is 20.1. The average Bonchev–Trinajstić information content (AvgIpc) is 2.69. The van der Waals surface area contributed by atoms with E-state index >= 15 is 0 Å². The van der Waals surface area contributed by atoms with E-state index in [-0.39, 0.29) is 11.9 Å². The first-order chi connectivity index (χ1) is 12.7. The van der Waals surface area contributed by atoms with Gasteiger partial charge in [0, 0.05) is 38.8 Å². The van der Waals surface area contributed by atoms with Crippen molar-refractivity contribution < 1.29 is 4.79 Å². The fraction of sp³-hybridized carbons (Fsp3) is 0.952. The van der Waals surface area contributed by atoms with Crippen molar-refractivity contribution in [1.29, 1.82) is 0 Å². The zero-order chi connectivity index (χ0) is 18.4. The van der Waals surface area contributed by atoms with Crippen LogP contribution in [0.3, 0.4) is 0 Å².